The fraction of sp³-hybridized carbons (Fsp3) is 0.500. The molecule has 128 valence electrons. The average molecular weight is 328 g/mol. The molecule has 2 atom stereocenters. The Hall–Kier alpha value is -2.37. The SMILES string of the molecule is Cc1cccc(O[C@@H](C)C(=O)N2CCC[C@@H](n3cncn3)C2)c1C. The zero-order chi connectivity index (χ0) is 17.1. The average Bonchev–Trinajstić information content (AvgIpc) is 3.13. The van der Waals surface area contributed by atoms with Crippen LogP contribution in [-0.4, -0.2) is 44.8 Å². The molecule has 1 aromatic carbocycles. The van der Waals surface area contributed by atoms with Gasteiger partial charge in [-0.3, -0.25) is 4.79 Å². The summed E-state index contributed by atoms with van der Waals surface area (Å²) >= 11 is 0. The van der Waals surface area contributed by atoms with Gasteiger partial charge in [-0.15, -0.1) is 0 Å². The first-order valence-corrected chi connectivity index (χ1v) is 8.42. The van der Waals surface area contributed by atoms with Crippen LogP contribution in [0.4, 0.5) is 0 Å². The third-order valence-electron chi connectivity index (χ3n) is 4.73. The summed E-state index contributed by atoms with van der Waals surface area (Å²) in [4.78, 5) is 18.6. The van der Waals surface area contributed by atoms with Crippen LogP contribution in [0.3, 0.4) is 0 Å². The Balaban J connectivity index is 1.65. The predicted molar refractivity (Wildman–Crippen MR) is 90.9 cm³/mol. The van der Waals surface area contributed by atoms with Gasteiger partial charge < -0.3 is 9.64 Å². The maximum atomic E-state index is 12.8. The number of carbonyl (C=O) groups excluding carboxylic acids is 1. The van der Waals surface area contributed by atoms with Crippen LogP contribution in [0.15, 0.2) is 30.9 Å². The molecule has 0 saturated carbocycles. The van der Waals surface area contributed by atoms with E-state index in [1.165, 1.54) is 6.33 Å². The summed E-state index contributed by atoms with van der Waals surface area (Å²) in [5.74, 6) is 0.807. The van der Waals surface area contributed by atoms with Crippen molar-refractivity contribution in [3.05, 3.63) is 42.0 Å². The van der Waals surface area contributed by atoms with Crippen molar-refractivity contribution < 1.29 is 9.53 Å². The first-order chi connectivity index (χ1) is 11.6. The number of nitrogens with zero attached hydrogens (tertiary/aromatic N) is 4. The van der Waals surface area contributed by atoms with E-state index in [0.717, 1.165) is 36.3 Å². The van der Waals surface area contributed by atoms with Crippen molar-refractivity contribution in [1.29, 1.82) is 0 Å². The van der Waals surface area contributed by atoms with Gasteiger partial charge in [0.15, 0.2) is 6.10 Å². The number of hydrogen-bond acceptors (Lipinski definition) is 4. The molecule has 0 unspecified atom stereocenters. The standard InChI is InChI=1S/C18H24N4O2/c1-13-6-4-8-17(14(13)2)24-15(3)18(23)21-9-5-7-16(10-21)22-12-19-11-20-22/h4,6,8,11-12,15-16H,5,7,9-10H2,1-3H3/t15-,16+/m0/s1. The molecule has 6 heteroatoms. The van der Waals surface area contributed by atoms with Crippen molar-refractivity contribution in [2.75, 3.05) is 13.1 Å². The summed E-state index contributed by atoms with van der Waals surface area (Å²) in [5.41, 5.74) is 2.24. The van der Waals surface area contributed by atoms with Gasteiger partial charge in [0.2, 0.25) is 0 Å². The Morgan fingerprint density at radius 2 is 2.21 bits per heavy atom. The lowest BCUT2D eigenvalue weighted by molar-refractivity contribution is -0.139. The molecule has 0 radical (unpaired) electrons. The van der Waals surface area contributed by atoms with Crippen LogP contribution < -0.4 is 4.74 Å². The van der Waals surface area contributed by atoms with Crippen molar-refractivity contribution >= 4 is 5.91 Å². The van der Waals surface area contributed by atoms with E-state index in [2.05, 4.69) is 10.1 Å². The molecule has 0 N–H and O–H groups in total. The Kier molecular flexibility index (Phi) is 4.83. The first kappa shape index (κ1) is 16.5. The number of amides is 1. The number of benzene rings is 1. The van der Waals surface area contributed by atoms with E-state index in [1.54, 1.807) is 6.33 Å². The van der Waals surface area contributed by atoms with Gasteiger partial charge in [-0.2, -0.15) is 5.10 Å². The fourth-order valence-electron chi connectivity index (χ4n) is 3.13. The maximum absolute atomic E-state index is 12.8. The van der Waals surface area contributed by atoms with Gasteiger partial charge in [-0.25, -0.2) is 9.67 Å². The quantitative estimate of drug-likeness (QED) is 0.865. The van der Waals surface area contributed by atoms with E-state index in [-0.39, 0.29) is 11.9 Å². The summed E-state index contributed by atoms with van der Waals surface area (Å²) in [6.07, 6.45) is 4.73. The highest BCUT2D eigenvalue weighted by atomic mass is 16.5. The number of aryl methyl sites for hydroxylation is 1. The van der Waals surface area contributed by atoms with Crippen molar-refractivity contribution in [2.24, 2.45) is 0 Å². The van der Waals surface area contributed by atoms with Gasteiger partial charge in [-0.1, -0.05) is 12.1 Å². The smallest absolute Gasteiger partial charge is 0.263 e. The first-order valence-electron chi connectivity index (χ1n) is 8.42. The van der Waals surface area contributed by atoms with Crippen LogP contribution in [0.2, 0.25) is 0 Å². The molecule has 1 aliphatic rings. The van der Waals surface area contributed by atoms with E-state index in [9.17, 15) is 4.79 Å². The molecular formula is C18H24N4O2. The summed E-state index contributed by atoms with van der Waals surface area (Å²) < 4.78 is 7.78. The van der Waals surface area contributed by atoms with Crippen molar-refractivity contribution in [2.45, 2.75) is 45.8 Å². The number of carbonyl (C=O) groups is 1. The summed E-state index contributed by atoms with van der Waals surface area (Å²) in [6.45, 7) is 7.31. The largest absolute Gasteiger partial charge is 0.481 e. The van der Waals surface area contributed by atoms with Gasteiger partial charge >= 0.3 is 0 Å². The minimum Gasteiger partial charge on any atom is -0.481 e. The molecule has 1 aliphatic heterocycles. The number of rotatable bonds is 4. The van der Waals surface area contributed by atoms with Crippen LogP contribution in [0.25, 0.3) is 0 Å². The summed E-state index contributed by atoms with van der Waals surface area (Å²) in [5, 5.41) is 4.20. The van der Waals surface area contributed by atoms with Crippen LogP contribution in [0.5, 0.6) is 5.75 Å². The highest BCUT2D eigenvalue weighted by molar-refractivity contribution is 5.81. The molecule has 1 aromatic heterocycles. The van der Waals surface area contributed by atoms with Crippen molar-refractivity contribution in [3.8, 4) is 5.75 Å². The molecule has 3 rings (SSSR count). The second-order valence-electron chi connectivity index (χ2n) is 6.41. The number of piperidine rings is 1. The summed E-state index contributed by atoms with van der Waals surface area (Å²) in [6, 6.07) is 6.11. The molecule has 1 fully saturated rings. The van der Waals surface area contributed by atoms with Crippen molar-refractivity contribution in [3.63, 3.8) is 0 Å². The molecule has 0 spiro atoms. The van der Waals surface area contributed by atoms with Gasteiger partial charge in [0, 0.05) is 13.1 Å². The molecule has 0 bridgehead atoms. The number of aromatic nitrogens is 3. The molecule has 6 nitrogen and oxygen atoms in total. The van der Waals surface area contributed by atoms with E-state index in [1.807, 2.05) is 48.6 Å². The zero-order valence-corrected chi connectivity index (χ0v) is 14.5. The molecule has 1 amide bonds. The zero-order valence-electron chi connectivity index (χ0n) is 14.5. The lowest BCUT2D eigenvalue weighted by atomic mass is 10.1. The van der Waals surface area contributed by atoms with E-state index in [4.69, 9.17) is 4.74 Å². The van der Waals surface area contributed by atoms with Crippen molar-refractivity contribution in [1.82, 2.24) is 19.7 Å². The Morgan fingerprint density at radius 1 is 1.38 bits per heavy atom. The lowest BCUT2D eigenvalue weighted by Gasteiger charge is -2.34. The third-order valence-corrected chi connectivity index (χ3v) is 4.73. The maximum Gasteiger partial charge on any atom is 0.263 e. The second kappa shape index (κ2) is 7.03. The Bertz CT molecular complexity index is 699. The van der Waals surface area contributed by atoms with Gasteiger partial charge in [0.05, 0.1) is 6.04 Å². The van der Waals surface area contributed by atoms with Crippen LogP contribution in [0.1, 0.15) is 36.9 Å². The van der Waals surface area contributed by atoms with Gasteiger partial charge in [0.1, 0.15) is 18.4 Å². The number of hydrogen-bond donors (Lipinski definition) is 0. The highest BCUT2D eigenvalue weighted by Crippen LogP contribution is 2.24. The number of likely N-dealkylation sites (tertiary alicyclic amines) is 1. The molecule has 1 saturated heterocycles. The van der Waals surface area contributed by atoms with E-state index in [0.29, 0.717) is 6.54 Å². The lowest BCUT2D eigenvalue weighted by Crippen LogP contribution is -2.46. The van der Waals surface area contributed by atoms with Crippen LogP contribution in [-0.2, 0) is 4.79 Å². The minimum atomic E-state index is -0.500. The van der Waals surface area contributed by atoms with Gasteiger partial charge in [0.25, 0.3) is 5.91 Å². The summed E-state index contributed by atoms with van der Waals surface area (Å²) in [7, 11) is 0. The third kappa shape index (κ3) is 3.42. The monoisotopic (exact) mass is 328 g/mol. The second-order valence-corrected chi connectivity index (χ2v) is 6.41. The van der Waals surface area contributed by atoms with Crippen LogP contribution in [0, 0.1) is 13.8 Å². The Morgan fingerprint density at radius 3 is 2.96 bits per heavy atom. The topological polar surface area (TPSA) is 60.2 Å². The highest BCUT2D eigenvalue weighted by Gasteiger charge is 2.29. The Labute approximate surface area is 142 Å². The molecule has 2 heterocycles. The molecule has 0 aliphatic carbocycles. The van der Waals surface area contributed by atoms with E-state index < -0.39 is 6.10 Å². The normalized spacial score (nSPS) is 19.1. The molecular weight excluding hydrogens is 304 g/mol. The van der Waals surface area contributed by atoms with Crippen LogP contribution >= 0.6 is 0 Å². The van der Waals surface area contributed by atoms with E-state index >= 15 is 0 Å². The molecule has 24 heavy (non-hydrogen) atoms. The minimum absolute atomic E-state index is 0.0284. The van der Waals surface area contributed by atoms with Gasteiger partial charge in [-0.05, 0) is 50.8 Å². The fourth-order valence-corrected chi connectivity index (χ4v) is 3.13. The molecule has 2 aromatic rings. The predicted octanol–water partition coefficient (Wildman–Crippen LogP) is 2.53. The number of ether oxygens (including phenoxy) is 1.